The fraction of sp³-hybridized carbons (Fsp3) is 0.118. The third kappa shape index (κ3) is 3.41. The van der Waals surface area contributed by atoms with Crippen molar-refractivity contribution in [2.24, 2.45) is 0 Å². The summed E-state index contributed by atoms with van der Waals surface area (Å²) in [5.74, 6) is -0.155. The van der Waals surface area contributed by atoms with Gasteiger partial charge in [0.25, 0.3) is 5.69 Å². The zero-order chi connectivity index (χ0) is 18.7. The zero-order valence-electron chi connectivity index (χ0n) is 13.4. The Morgan fingerprint density at radius 1 is 1.19 bits per heavy atom. The maximum Gasteiger partial charge on any atom is 0.269 e. The Labute approximate surface area is 146 Å². The highest BCUT2D eigenvalue weighted by molar-refractivity contribution is 5.76. The van der Waals surface area contributed by atoms with Crippen molar-refractivity contribution in [2.45, 2.75) is 6.54 Å². The SMILES string of the molecule is O=[N+]([O-])c1ccc(Oc2cc(O)cc(O)c2-c2ccnn2CCF)cc1. The molecule has 0 spiro atoms. The number of phenolic OH excluding ortho intramolecular Hbond substituents is 2. The number of hydrogen-bond donors (Lipinski definition) is 2. The topological polar surface area (TPSA) is 111 Å². The lowest BCUT2D eigenvalue weighted by atomic mass is 10.1. The molecule has 3 rings (SSSR count). The Balaban J connectivity index is 2.03. The van der Waals surface area contributed by atoms with Crippen LogP contribution in [-0.2, 0) is 6.54 Å². The van der Waals surface area contributed by atoms with E-state index < -0.39 is 11.6 Å². The Morgan fingerprint density at radius 3 is 2.58 bits per heavy atom. The fourth-order valence-electron chi connectivity index (χ4n) is 2.49. The maximum atomic E-state index is 12.7. The van der Waals surface area contributed by atoms with Crippen LogP contribution in [0.15, 0.2) is 48.7 Å². The van der Waals surface area contributed by atoms with Gasteiger partial charge in [-0.3, -0.25) is 14.8 Å². The average molecular weight is 359 g/mol. The molecule has 0 radical (unpaired) electrons. The number of nitro benzene ring substituents is 1. The van der Waals surface area contributed by atoms with E-state index in [2.05, 4.69) is 5.10 Å². The highest BCUT2D eigenvalue weighted by Gasteiger charge is 2.19. The van der Waals surface area contributed by atoms with Crippen molar-refractivity contribution in [3.63, 3.8) is 0 Å². The molecule has 3 aromatic rings. The maximum absolute atomic E-state index is 12.7. The first kappa shape index (κ1) is 17.2. The van der Waals surface area contributed by atoms with Gasteiger partial charge in [0.15, 0.2) is 0 Å². The van der Waals surface area contributed by atoms with Gasteiger partial charge in [-0.05, 0) is 18.2 Å². The molecule has 2 aromatic carbocycles. The van der Waals surface area contributed by atoms with Crippen molar-refractivity contribution < 1.29 is 24.3 Å². The fourth-order valence-corrected chi connectivity index (χ4v) is 2.49. The van der Waals surface area contributed by atoms with Crippen molar-refractivity contribution in [3.05, 3.63) is 58.8 Å². The molecule has 1 heterocycles. The van der Waals surface area contributed by atoms with E-state index in [0.717, 1.165) is 6.07 Å². The van der Waals surface area contributed by atoms with Crippen LogP contribution in [0.25, 0.3) is 11.3 Å². The molecule has 0 saturated heterocycles. The van der Waals surface area contributed by atoms with E-state index in [1.165, 1.54) is 41.2 Å². The number of aryl methyl sites for hydroxylation is 1. The predicted octanol–water partition coefficient (Wildman–Crippen LogP) is 3.63. The summed E-state index contributed by atoms with van der Waals surface area (Å²) in [5.41, 5.74) is 0.515. The van der Waals surface area contributed by atoms with Gasteiger partial charge in [0.1, 0.15) is 29.7 Å². The molecule has 134 valence electrons. The number of nitrogens with zero attached hydrogens (tertiary/aromatic N) is 3. The smallest absolute Gasteiger partial charge is 0.269 e. The molecule has 0 atom stereocenters. The Hall–Kier alpha value is -3.62. The lowest BCUT2D eigenvalue weighted by Crippen LogP contribution is -2.04. The molecular weight excluding hydrogens is 345 g/mol. The molecule has 0 aliphatic carbocycles. The lowest BCUT2D eigenvalue weighted by molar-refractivity contribution is -0.384. The van der Waals surface area contributed by atoms with Crippen molar-refractivity contribution >= 4 is 5.69 Å². The molecule has 26 heavy (non-hydrogen) atoms. The van der Waals surface area contributed by atoms with Crippen LogP contribution in [0.5, 0.6) is 23.0 Å². The summed E-state index contributed by atoms with van der Waals surface area (Å²) < 4.78 is 19.8. The molecule has 0 unspecified atom stereocenters. The Bertz CT molecular complexity index is 940. The molecule has 8 nitrogen and oxygen atoms in total. The van der Waals surface area contributed by atoms with Gasteiger partial charge in [-0.1, -0.05) is 0 Å². The minimum absolute atomic E-state index is 0.0143. The number of aromatic nitrogens is 2. The van der Waals surface area contributed by atoms with Crippen LogP contribution in [0.4, 0.5) is 10.1 Å². The van der Waals surface area contributed by atoms with Crippen LogP contribution in [0, 0.1) is 10.1 Å². The van der Waals surface area contributed by atoms with Crippen molar-refractivity contribution in [3.8, 4) is 34.3 Å². The number of phenols is 2. The second kappa shape index (κ2) is 7.09. The van der Waals surface area contributed by atoms with Gasteiger partial charge in [0.2, 0.25) is 0 Å². The minimum atomic E-state index is -0.647. The van der Waals surface area contributed by atoms with E-state index in [4.69, 9.17) is 4.74 Å². The van der Waals surface area contributed by atoms with Crippen LogP contribution in [0.2, 0.25) is 0 Å². The summed E-state index contributed by atoms with van der Waals surface area (Å²) in [6.45, 7) is -0.661. The Morgan fingerprint density at radius 2 is 1.92 bits per heavy atom. The highest BCUT2D eigenvalue weighted by Crippen LogP contribution is 2.42. The molecule has 1 aromatic heterocycles. The molecular formula is C17H14FN3O5. The normalized spacial score (nSPS) is 10.7. The number of non-ortho nitro benzene ring substituents is 1. The molecule has 0 saturated carbocycles. The molecule has 0 aliphatic rings. The van der Waals surface area contributed by atoms with Crippen LogP contribution in [0.3, 0.4) is 0 Å². The number of rotatable bonds is 6. The van der Waals surface area contributed by atoms with Gasteiger partial charge < -0.3 is 14.9 Å². The van der Waals surface area contributed by atoms with Gasteiger partial charge >= 0.3 is 0 Å². The van der Waals surface area contributed by atoms with E-state index in [9.17, 15) is 24.7 Å². The number of halogens is 1. The first-order valence-corrected chi connectivity index (χ1v) is 7.56. The van der Waals surface area contributed by atoms with Gasteiger partial charge in [-0.2, -0.15) is 5.10 Å². The minimum Gasteiger partial charge on any atom is -0.508 e. The van der Waals surface area contributed by atoms with Gasteiger partial charge in [-0.25, -0.2) is 4.39 Å². The van der Waals surface area contributed by atoms with Gasteiger partial charge in [-0.15, -0.1) is 0 Å². The van der Waals surface area contributed by atoms with E-state index in [1.54, 1.807) is 6.07 Å². The molecule has 0 bridgehead atoms. The number of alkyl halides is 1. The zero-order valence-corrected chi connectivity index (χ0v) is 13.4. The number of ether oxygens (including phenoxy) is 1. The Kier molecular flexibility index (Phi) is 4.70. The summed E-state index contributed by atoms with van der Waals surface area (Å²) in [6.07, 6.45) is 1.45. The van der Waals surface area contributed by atoms with Crippen LogP contribution in [-0.4, -0.2) is 31.6 Å². The molecule has 0 amide bonds. The van der Waals surface area contributed by atoms with Crippen LogP contribution in [0.1, 0.15) is 0 Å². The highest BCUT2D eigenvalue weighted by atomic mass is 19.1. The number of benzene rings is 2. The molecule has 0 aliphatic heterocycles. The van der Waals surface area contributed by atoms with Gasteiger partial charge in [0, 0.05) is 30.5 Å². The van der Waals surface area contributed by atoms with Crippen molar-refractivity contribution in [1.82, 2.24) is 9.78 Å². The van der Waals surface area contributed by atoms with Crippen molar-refractivity contribution in [1.29, 1.82) is 0 Å². The summed E-state index contributed by atoms with van der Waals surface area (Å²) in [5, 5.41) is 34.8. The summed E-state index contributed by atoms with van der Waals surface area (Å²) >= 11 is 0. The predicted molar refractivity (Wildman–Crippen MR) is 90.1 cm³/mol. The molecule has 0 fully saturated rings. The van der Waals surface area contributed by atoms with E-state index in [-0.39, 0.29) is 40.8 Å². The average Bonchev–Trinajstić information content (AvgIpc) is 3.03. The van der Waals surface area contributed by atoms with E-state index >= 15 is 0 Å². The largest absolute Gasteiger partial charge is 0.508 e. The van der Waals surface area contributed by atoms with Gasteiger partial charge in [0.05, 0.1) is 22.7 Å². The van der Waals surface area contributed by atoms with Crippen LogP contribution < -0.4 is 4.74 Å². The summed E-state index contributed by atoms with van der Waals surface area (Å²) in [4.78, 5) is 10.2. The number of hydrogen-bond acceptors (Lipinski definition) is 6. The first-order chi connectivity index (χ1) is 12.5. The second-order valence-electron chi connectivity index (χ2n) is 5.32. The number of aromatic hydroxyl groups is 2. The third-order valence-corrected chi connectivity index (χ3v) is 3.61. The summed E-state index contributed by atoms with van der Waals surface area (Å²) in [7, 11) is 0. The molecule has 2 N–H and O–H groups in total. The second-order valence-corrected chi connectivity index (χ2v) is 5.32. The third-order valence-electron chi connectivity index (χ3n) is 3.61. The van der Waals surface area contributed by atoms with Crippen molar-refractivity contribution in [2.75, 3.05) is 6.67 Å². The summed E-state index contributed by atoms with van der Waals surface area (Å²) in [6, 6.07) is 9.30. The number of nitro groups is 1. The van der Waals surface area contributed by atoms with E-state index in [0.29, 0.717) is 5.69 Å². The monoisotopic (exact) mass is 359 g/mol. The molecule has 9 heteroatoms. The van der Waals surface area contributed by atoms with E-state index in [1.807, 2.05) is 0 Å². The van der Waals surface area contributed by atoms with Crippen LogP contribution >= 0.6 is 0 Å². The first-order valence-electron chi connectivity index (χ1n) is 7.56. The quantitative estimate of drug-likeness (QED) is 0.513. The lowest BCUT2D eigenvalue weighted by Gasteiger charge is -2.14. The standard InChI is InChI=1S/C17H14FN3O5/c18-6-8-20-14(5-7-19-20)17-15(23)9-12(22)10-16(17)26-13-3-1-11(2-4-13)21(24)25/h1-5,7,9-10,22-23H,6,8H2.